The van der Waals surface area contributed by atoms with Crippen LogP contribution in [0.5, 0.6) is 0 Å². The number of hydrogen-bond donors (Lipinski definition) is 4. The number of ether oxygens (including phenoxy) is 1. The second kappa shape index (κ2) is 15.5. The zero-order valence-electron chi connectivity index (χ0n) is 26.7. The second-order valence-electron chi connectivity index (χ2n) is 11.9. The minimum Gasteiger partial charge on any atom is -0.453 e. The molecule has 0 radical (unpaired) electrons. The van der Waals surface area contributed by atoms with E-state index in [1.165, 1.54) is 42.7 Å². The number of halogens is 2. The molecule has 1 aliphatic rings. The molecule has 3 aromatic carbocycles. The highest BCUT2D eigenvalue weighted by atomic mass is 32.2. The highest BCUT2D eigenvalue weighted by molar-refractivity contribution is 7.89. The number of nitrogens with one attached hydrogen (secondary N) is 2. The van der Waals surface area contributed by atoms with E-state index in [1.54, 1.807) is 12.1 Å². The lowest BCUT2D eigenvalue weighted by Gasteiger charge is -2.39. The van der Waals surface area contributed by atoms with Crippen molar-refractivity contribution in [3.8, 4) is 0 Å². The molecule has 49 heavy (non-hydrogen) atoms. The average molecular weight is 713 g/mol. The Kier molecular flexibility index (Phi) is 11.3. The molecular formula is C35H38F2N4O6S2. The van der Waals surface area contributed by atoms with Crippen molar-refractivity contribution in [2.24, 2.45) is 5.92 Å². The van der Waals surface area contributed by atoms with Gasteiger partial charge in [0.25, 0.3) is 0 Å². The summed E-state index contributed by atoms with van der Waals surface area (Å²) in [6.45, 7) is -0.791. The normalized spacial score (nSPS) is 15.7. The van der Waals surface area contributed by atoms with Gasteiger partial charge in [-0.25, -0.2) is 22.0 Å². The van der Waals surface area contributed by atoms with Crippen molar-refractivity contribution in [2.75, 3.05) is 26.0 Å². The van der Waals surface area contributed by atoms with Gasteiger partial charge >= 0.3 is 6.09 Å². The maximum Gasteiger partial charge on any atom is 0.407 e. The number of benzene rings is 3. The smallest absolute Gasteiger partial charge is 0.407 e. The molecule has 14 heteroatoms. The van der Waals surface area contributed by atoms with Crippen molar-refractivity contribution in [1.82, 2.24) is 14.9 Å². The number of amides is 2. The molecule has 0 spiro atoms. The molecule has 1 aromatic heterocycles. The molecular weight excluding hydrogens is 675 g/mol. The van der Waals surface area contributed by atoms with E-state index in [0.717, 1.165) is 15.4 Å². The first kappa shape index (κ1) is 35.9. The van der Waals surface area contributed by atoms with Crippen LogP contribution in [0, 0.1) is 5.92 Å². The SMILES string of the molecule is COC(=O)NC(C(=O)NCc1ccc(C(CO)N(CC2CC(F)(F)C2)S(=O)(=O)c2ccc(N)cc2)s1)C(c1ccccc1)c1ccccc1. The van der Waals surface area contributed by atoms with Gasteiger partial charge in [0.2, 0.25) is 21.9 Å². The van der Waals surface area contributed by atoms with Crippen molar-refractivity contribution in [1.29, 1.82) is 0 Å². The molecule has 1 heterocycles. The van der Waals surface area contributed by atoms with E-state index < -0.39 is 71.3 Å². The van der Waals surface area contributed by atoms with Crippen LogP contribution in [0.1, 0.15) is 45.7 Å². The monoisotopic (exact) mass is 712 g/mol. The van der Waals surface area contributed by atoms with E-state index in [9.17, 15) is 31.9 Å². The van der Waals surface area contributed by atoms with Crippen molar-refractivity contribution in [3.63, 3.8) is 0 Å². The topological polar surface area (TPSA) is 151 Å². The number of nitrogen functional groups attached to an aromatic ring is 1. The third-order valence-corrected chi connectivity index (χ3v) is 11.5. The van der Waals surface area contributed by atoms with Crippen molar-refractivity contribution in [3.05, 3.63) is 118 Å². The number of sulfonamides is 1. The molecule has 1 fully saturated rings. The number of carbonyl (C=O) groups excluding carboxylic acids is 2. The number of nitrogens with zero attached hydrogens (tertiary/aromatic N) is 1. The first-order chi connectivity index (χ1) is 23.4. The zero-order valence-corrected chi connectivity index (χ0v) is 28.3. The standard InChI is InChI=1S/C35H38F2N4O6S2/c1-47-34(44)40-32(31(24-8-4-2-5-9-24)25-10-6-3-7-11-25)33(43)39-20-27-14-17-30(48-27)29(22-42)41(21-23-18-35(36,37)19-23)49(45,46)28-15-12-26(38)13-16-28/h2-17,23,29,31-32,42H,18-22,38H2,1H3,(H,39,43)(H,40,44). The minimum atomic E-state index is -4.23. The van der Waals surface area contributed by atoms with Gasteiger partial charge < -0.3 is 26.2 Å². The predicted octanol–water partition coefficient (Wildman–Crippen LogP) is 5.27. The van der Waals surface area contributed by atoms with Gasteiger partial charge in [-0.2, -0.15) is 4.31 Å². The molecule has 5 rings (SSSR count). The first-order valence-corrected chi connectivity index (χ1v) is 17.8. The molecule has 1 aliphatic carbocycles. The van der Waals surface area contributed by atoms with Crippen LogP contribution in [0.2, 0.25) is 0 Å². The van der Waals surface area contributed by atoms with Crippen LogP contribution in [0.3, 0.4) is 0 Å². The van der Waals surface area contributed by atoms with Gasteiger partial charge in [0.05, 0.1) is 31.2 Å². The quantitative estimate of drug-likeness (QED) is 0.130. The molecule has 0 bridgehead atoms. The fourth-order valence-electron chi connectivity index (χ4n) is 6.00. The summed E-state index contributed by atoms with van der Waals surface area (Å²) < 4.78 is 61.1. The Labute approximate surface area is 288 Å². The number of methoxy groups -OCH3 is 1. The van der Waals surface area contributed by atoms with Crippen molar-refractivity contribution >= 4 is 39.0 Å². The number of aliphatic hydroxyl groups excluding tert-OH is 1. The summed E-state index contributed by atoms with van der Waals surface area (Å²) >= 11 is 1.17. The van der Waals surface area contributed by atoms with Crippen LogP contribution in [0.4, 0.5) is 19.3 Å². The van der Waals surface area contributed by atoms with Gasteiger partial charge in [-0.3, -0.25) is 4.79 Å². The Bertz CT molecular complexity index is 1780. The van der Waals surface area contributed by atoms with Gasteiger partial charge in [0.15, 0.2) is 0 Å². The second-order valence-corrected chi connectivity index (χ2v) is 15.0. The van der Waals surface area contributed by atoms with E-state index in [4.69, 9.17) is 10.5 Å². The lowest BCUT2D eigenvalue weighted by Crippen LogP contribution is -2.50. The van der Waals surface area contributed by atoms with Crippen LogP contribution in [-0.4, -0.2) is 62.1 Å². The van der Waals surface area contributed by atoms with Crippen LogP contribution < -0.4 is 16.4 Å². The van der Waals surface area contributed by atoms with Gasteiger partial charge in [0.1, 0.15) is 6.04 Å². The maximum absolute atomic E-state index is 13.9. The number of alkyl carbamates (subject to hydrolysis) is 1. The minimum absolute atomic E-state index is 0.0247. The summed E-state index contributed by atoms with van der Waals surface area (Å²) in [4.78, 5) is 27.3. The number of thiophene rings is 1. The fourth-order valence-corrected chi connectivity index (χ4v) is 8.79. The maximum atomic E-state index is 13.9. The summed E-state index contributed by atoms with van der Waals surface area (Å²) in [6.07, 6.45) is -1.68. The summed E-state index contributed by atoms with van der Waals surface area (Å²) in [5.41, 5.74) is 7.70. The molecule has 0 aliphatic heterocycles. The lowest BCUT2D eigenvalue weighted by atomic mass is 9.81. The molecule has 260 valence electrons. The van der Waals surface area contributed by atoms with E-state index in [-0.39, 0.29) is 18.0 Å². The molecule has 4 aromatic rings. The fraction of sp³-hybridized carbons (Fsp3) is 0.314. The van der Waals surface area contributed by atoms with Gasteiger partial charge in [0, 0.05) is 40.7 Å². The highest BCUT2D eigenvalue weighted by Crippen LogP contribution is 2.44. The number of anilines is 1. The van der Waals surface area contributed by atoms with E-state index in [1.807, 2.05) is 60.7 Å². The summed E-state index contributed by atoms with van der Waals surface area (Å²) in [6, 6.07) is 25.3. The number of nitrogens with two attached hydrogens (primary N) is 1. The Hall–Kier alpha value is -4.37. The molecule has 0 saturated heterocycles. The summed E-state index contributed by atoms with van der Waals surface area (Å²) in [5.74, 6) is -4.50. The van der Waals surface area contributed by atoms with E-state index in [2.05, 4.69) is 10.6 Å². The molecule has 5 N–H and O–H groups in total. The molecule has 10 nitrogen and oxygen atoms in total. The Morgan fingerprint density at radius 2 is 1.57 bits per heavy atom. The van der Waals surface area contributed by atoms with E-state index in [0.29, 0.717) is 15.4 Å². The van der Waals surface area contributed by atoms with Crippen LogP contribution in [0.25, 0.3) is 0 Å². The lowest BCUT2D eigenvalue weighted by molar-refractivity contribution is -0.123. The Morgan fingerprint density at radius 1 is 0.980 bits per heavy atom. The summed E-state index contributed by atoms with van der Waals surface area (Å²) in [5, 5.41) is 16.1. The number of aliphatic hydroxyl groups is 1. The van der Waals surface area contributed by atoms with Gasteiger partial charge in [-0.1, -0.05) is 60.7 Å². The summed E-state index contributed by atoms with van der Waals surface area (Å²) in [7, 11) is -3.02. The largest absolute Gasteiger partial charge is 0.453 e. The van der Waals surface area contributed by atoms with Crippen molar-refractivity contribution < 1.29 is 36.6 Å². The Morgan fingerprint density at radius 3 is 2.10 bits per heavy atom. The molecule has 2 unspecified atom stereocenters. The Balaban J connectivity index is 1.38. The zero-order chi connectivity index (χ0) is 35.2. The third-order valence-electron chi connectivity index (χ3n) is 8.46. The third kappa shape index (κ3) is 8.63. The number of carbonyl (C=O) groups is 2. The van der Waals surface area contributed by atoms with Crippen molar-refractivity contribution in [2.45, 2.75) is 48.2 Å². The number of alkyl halides is 2. The first-order valence-electron chi connectivity index (χ1n) is 15.6. The molecule has 2 atom stereocenters. The average Bonchev–Trinajstić information content (AvgIpc) is 3.55. The van der Waals surface area contributed by atoms with Crippen LogP contribution in [-0.2, 0) is 26.1 Å². The van der Waals surface area contributed by atoms with E-state index >= 15 is 0 Å². The van der Waals surface area contributed by atoms with Gasteiger partial charge in [-0.15, -0.1) is 11.3 Å². The van der Waals surface area contributed by atoms with Crippen LogP contribution in [0.15, 0.2) is 102 Å². The van der Waals surface area contributed by atoms with Crippen LogP contribution >= 0.6 is 11.3 Å². The predicted molar refractivity (Wildman–Crippen MR) is 182 cm³/mol. The van der Waals surface area contributed by atoms with Gasteiger partial charge in [-0.05, 0) is 53.4 Å². The molecule has 2 amide bonds. The number of hydrogen-bond acceptors (Lipinski definition) is 8. The highest BCUT2D eigenvalue weighted by Gasteiger charge is 2.48. The molecule has 1 saturated carbocycles. The number of rotatable bonds is 14.